The van der Waals surface area contributed by atoms with Crippen molar-refractivity contribution in [1.82, 2.24) is 19.8 Å². The van der Waals surface area contributed by atoms with E-state index >= 15 is 0 Å². The predicted molar refractivity (Wildman–Crippen MR) is 115 cm³/mol. The second-order valence-corrected chi connectivity index (χ2v) is 7.17. The van der Waals surface area contributed by atoms with Gasteiger partial charge in [-0.2, -0.15) is 0 Å². The highest BCUT2D eigenvalue weighted by molar-refractivity contribution is 5.79. The Morgan fingerprint density at radius 1 is 1.07 bits per heavy atom. The molecule has 2 aromatic carbocycles. The normalized spacial score (nSPS) is 12.3. The number of hydrogen-bond acceptors (Lipinski definition) is 6. The van der Waals surface area contributed by atoms with Crippen molar-refractivity contribution >= 4 is 10.9 Å². The molecule has 0 saturated carbocycles. The predicted octanol–water partition coefficient (Wildman–Crippen LogP) is 2.62. The minimum Gasteiger partial charge on any atom is -0.497 e. The van der Waals surface area contributed by atoms with E-state index in [0.29, 0.717) is 22.5 Å². The van der Waals surface area contributed by atoms with Gasteiger partial charge in [0, 0.05) is 13.1 Å². The van der Waals surface area contributed by atoms with Crippen LogP contribution < -0.4 is 20.3 Å². The number of methoxy groups -OCH3 is 2. The first-order valence-electron chi connectivity index (χ1n) is 9.58. The van der Waals surface area contributed by atoms with Gasteiger partial charge in [-0.15, -0.1) is 0 Å². The Labute approximate surface area is 170 Å². The molecule has 3 aromatic rings. The van der Waals surface area contributed by atoms with Gasteiger partial charge in [0.2, 0.25) is 0 Å². The largest absolute Gasteiger partial charge is 0.497 e. The average molecular weight is 396 g/mol. The third kappa shape index (κ3) is 4.58. The Hall–Kier alpha value is -2.90. The third-order valence-corrected chi connectivity index (χ3v) is 4.83. The summed E-state index contributed by atoms with van der Waals surface area (Å²) in [4.78, 5) is 20.4. The number of hydrogen-bond donors (Lipinski definition) is 1. The fourth-order valence-corrected chi connectivity index (χ4v) is 3.18. The molecule has 1 heterocycles. The van der Waals surface area contributed by atoms with Crippen molar-refractivity contribution in [1.29, 1.82) is 0 Å². The van der Waals surface area contributed by atoms with Gasteiger partial charge >= 0.3 is 0 Å². The van der Waals surface area contributed by atoms with Gasteiger partial charge in [-0.25, -0.2) is 4.98 Å². The molecular weight excluding hydrogens is 368 g/mol. The number of ether oxygens (including phenoxy) is 2. The average Bonchev–Trinajstić information content (AvgIpc) is 2.73. The number of fused-ring (bicyclic) bond motifs is 1. The molecule has 1 atom stereocenters. The molecule has 3 rings (SSSR count). The molecule has 1 aromatic heterocycles. The monoisotopic (exact) mass is 396 g/mol. The smallest absolute Gasteiger partial charge is 0.266 e. The first-order valence-corrected chi connectivity index (χ1v) is 9.58. The molecule has 0 radical (unpaired) electrons. The lowest BCUT2D eigenvalue weighted by molar-refractivity contribution is 0.385. The highest BCUT2D eigenvalue weighted by Gasteiger charge is 2.18. The van der Waals surface area contributed by atoms with E-state index in [0.717, 1.165) is 24.5 Å². The summed E-state index contributed by atoms with van der Waals surface area (Å²) in [5.74, 6) is 2.02. The molecule has 0 aliphatic heterocycles. The first kappa shape index (κ1) is 20.8. The fraction of sp³-hybridized carbons (Fsp3) is 0.364. The number of likely N-dealkylation sites (N-methyl/N-ethyl adjacent to an activating group) is 1. The van der Waals surface area contributed by atoms with Gasteiger partial charge in [-0.05, 0) is 63.5 Å². The van der Waals surface area contributed by atoms with E-state index in [-0.39, 0.29) is 11.6 Å². The van der Waals surface area contributed by atoms with Crippen molar-refractivity contribution in [2.45, 2.75) is 13.0 Å². The van der Waals surface area contributed by atoms with Crippen LogP contribution in [-0.2, 0) is 0 Å². The van der Waals surface area contributed by atoms with Crippen LogP contribution in [0.3, 0.4) is 0 Å². The summed E-state index contributed by atoms with van der Waals surface area (Å²) in [6.07, 6.45) is 0. The maximum absolute atomic E-state index is 13.5. The Morgan fingerprint density at radius 3 is 2.34 bits per heavy atom. The molecule has 0 fully saturated rings. The molecule has 7 nitrogen and oxygen atoms in total. The zero-order valence-electron chi connectivity index (χ0n) is 17.6. The van der Waals surface area contributed by atoms with E-state index in [1.165, 1.54) is 0 Å². The van der Waals surface area contributed by atoms with Gasteiger partial charge < -0.3 is 19.7 Å². The zero-order valence-corrected chi connectivity index (χ0v) is 17.6. The van der Waals surface area contributed by atoms with Crippen molar-refractivity contribution in [3.63, 3.8) is 0 Å². The second kappa shape index (κ2) is 9.07. The molecule has 154 valence electrons. The molecule has 0 aliphatic carbocycles. The van der Waals surface area contributed by atoms with Crippen LogP contribution in [0.2, 0.25) is 0 Å². The lowest BCUT2D eigenvalue weighted by Crippen LogP contribution is -2.33. The van der Waals surface area contributed by atoms with Crippen LogP contribution in [0.4, 0.5) is 0 Å². The van der Waals surface area contributed by atoms with Gasteiger partial charge in [-0.1, -0.05) is 0 Å². The van der Waals surface area contributed by atoms with Crippen LogP contribution in [0.25, 0.3) is 16.6 Å². The molecule has 0 aliphatic rings. The minimum absolute atomic E-state index is 0.115. The van der Waals surface area contributed by atoms with Crippen LogP contribution in [0.15, 0.2) is 47.3 Å². The fourth-order valence-electron chi connectivity index (χ4n) is 3.18. The van der Waals surface area contributed by atoms with Crippen molar-refractivity contribution in [2.75, 3.05) is 41.4 Å². The summed E-state index contributed by atoms with van der Waals surface area (Å²) in [6, 6.07) is 12.7. The number of nitrogens with one attached hydrogen (secondary N) is 1. The van der Waals surface area contributed by atoms with Gasteiger partial charge in [0.05, 0.1) is 36.9 Å². The molecule has 7 heteroatoms. The first-order chi connectivity index (χ1) is 13.9. The lowest BCUT2D eigenvalue weighted by atomic mass is 10.2. The van der Waals surface area contributed by atoms with E-state index < -0.39 is 0 Å². The minimum atomic E-state index is -0.129. The van der Waals surface area contributed by atoms with Crippen molar-refractivity contribution in [3.8, 4) is 17.2 Å². The number of rotatable bonds is 8. The lowest BCUT2D eigenvalue weighted by Gasteiger charge is -2.21. The summed E-state index contributed by atoms with van der Waals surface area (Å²) in [7, 11) is 7.26. The zero-order chi connectivity index (χ0) is 21.0. The maximum atomic E-state index is 13.5. The van der Waals surface area contributed by atoms with E-state index in [2.05, 4.69) is 10.2 Å². The van der Waals surface area contributed by atoms with Crippen molar-refractivity contribution in [2.24, 2.45) is 0 Å². The molecule has 1 unspecified atom stereocenters. The SMILES string of the molecule is COc1ccc(-n2c(C(C)NCCN(C)C)nc3ccc(OC)cc3c2=O)cc1. The van der Waals surface area contributed by atoms with Crippen LogP contribution in [-0.4, -0.2) is 55.9 Å². The van der Waals surface area contributed by atoms with E-state index in [9.17, 15) is 4.79 Å². The number of aromatic nitrogens is 2. The topological polar surface area (TPSA) is 68.6 Å². The Kier molecular flexibility index (Phi) is 6.51. The quantitative estimate of drug-likeness (QED) is 0.631. The van der Waals surface area contributed by atoms with Crippen molar-refractivity contribution in [3.05, 3.63) is 58.6 Å². The van der Waals surface area contributed by atoms with Crippen LogP contribution in [0.5, 0.6) is 11.5 Å². The summed E-state index contributed by atoms with van der Waals surface area (Å²) in [5, 5.41) is 3.98. The van der Waals surface area contributed by atoms with Gasteiger partial charge in [0.1, 0.15) is 17.3 Å². The van der Waals surface area contributed by atoms with Crippen LogP contribution >= 0.6 is 0 Å². The Morgan fingerprint density at radius 2 is 1.72 bits per heavy atom. The highest BCUT2D eigenvalue weighted by atomic mass is 16.5. The van der Waals surface area contributed by atoms with E-state index in [4.69, 9.17) is 14.5 Å². The molecule has 0 saturated heterocycles. The number of benzene rings is 2. The van der Waals surface area contributed by atoms with Crippen molar-refractivity contribution < 1.29 is 9.47 Å². The van der Waals surface area contributed by atoms with Crippen LogP contribution in [0, 0.1) is 0 Å². The molecule has 0 spiro atoms. The molecule has 1 N–H and O–H groups in total. The summed E-state index contributed by atoms with van der Waals surface area (Å²) >= 11 is 0. The van der Waals surface area contributed by atoms with E-state index in [1.54, 1.807) is 24.9 Å². The maximum Gasteiger partial charge on any atom is 0.266 e. The highest BCUT2D eigenvalue weighted by Crippen LogP contribution is 2.22. The van der Waals surface area contributed by atoms with Gasteiger partial charge in [-0.3, -0.25) is 9.36 Å². The second-order valence-electron chi connectivity index (χ2n) is 7.17. The summed E-state index contributed by atoms with van der Waals surface area (Å²) < 4.78 is 12.2. The molecule has 0 bridgehead atoms. The third-order valence-electron chi connectivity index (χ3n) is 4.83. The van der Waals surface area contributed by atoms with Gasteiger partial charge in [0.25, 0.3) is 5.56 Å². The van der Waals surface area contributed by atoms with E-state index in [1.807, 2.05) is 57.4 Å². The summed E-state index contributed by atoms with van der Waals surface area (Å²) in [6.45, 7) is 3.70. The molecule has 0 amide bonds. The summed E-state index contributed by atoms with van der Waals surface area (Å²) in [5.41, 5.74) is 1.26. The Balaban J connectivity index is 2.14. The molecule has 29 heavy (non-hydrogen) atoms. The van der Waals surface area contributed by atoms with Gasteiger partial charge in [0.15, 0.2) is 0 Å². The van der Waals surface area contributed by atoms with Crippen LogP contribution in [0.1, 0.15) is 18.8 Å². The Bertz CT molecular complexity index is 1030. The standard InChI is InChI=1S/C22H28N4O3/c1-15(23-12-13-25(2)3)21-24-20-11-10-18(29-5)14-19(20)22(27)26(21)16-6-8-17(28-4)9-7-16/h6-11,14-15,23H,12-13H2,1-5H3. The molecular formula is C22H28N4O3. The number of nitrogens with zero attached hydrogens (tertiary/aromatic N) is 3.